The number of piperidine rings is 1. The zero-order valence-corrected chi connectivity index (χ0v) is 11.7. The van der Waals surface area contributed by atoms with Crippen molar-refractivity contribution in [2.24, 2.45) is 0 Å². The largest absolute Gasteiger partial charge is 0.317 e. The van der Waals surface area contributed by atoms with Gasteiger partial charge in [0.2, 0.25) is 0 Å². The Morgan fingerprint density at radius 1 is 1.38 bits per heavy atom. The Labute approximate surface area is 101 Å². The molecule has 1 rings (SSSR count). The predicted molar refractivity (Wildman–Crippen MR) is 70.9 cm³/mol. The minimum absolute atomic E-state index is 0.620. The SMILES string of the molecule is CNC(C)CC(C)N1CCCC(N(C)C)C1. The van der Waals surface area contributed by atoms with Gasteiger partial charge in [0, 0.05) is 24.7 Å². The van der Waals surface area contributed by atoms with Gasteiger partial charge in [0.25, 0.3) is 0 Å². The first-order valence-electron chi connectivity index (χ1n) is 6.62. The highest BCUT2D eigenvalue weighted by Gasteiger charge is 2.25. The second-order valence-electron chi connectivity index (χ2n) is 5.53. The molecule has 3 unspecified atom stereocenters. The number of likely N-dealkylation sites (tertiary alicyclic amines) is 1. The summed E-state index contributed by atoms with van der Waals surface area (Å²) >= 11 is 0. The number of nitrogens with one attached hydrogen (secondary N) is 1. The lowest BCUT2D eigenvalue weighted by Crippen LogP contribution is -2.49. The molecule has 0 aromatic rings. The Morgan fingerprint density at radius 2 is 2.06 bits per heavy atom. The van der Waals surface area contributed by atoms with Crippen LogP contribution in [0, 0.1) is 0 Å². The molecule has 16 heavy (non-hydrogen) atoms. The monoisotopic (exact) mass is 227 g/mol. The molecule has 3 atom stereocenters. The van der Waals surface area contributed by atoms with E-state index in [1.165, 1.54) is 32.4 Å². The molecule has 3 nitrogen and oxygen atoms in total. The van der Waals surface area contributed by atoms with E-state index in [2.05, 4.69) is 50.1 Å². The van der Waals surface area contributed by atoms with E-state index >= 15 is 0 Å². The lowest BCUT2D eigenvalue weighted by atomic mass is 10.0. The molecule has 1 aliphatic heterocycles. The highest BCUT2D eigenvalue weighted by atomic mass is 15.2. The Bertz CT molecular complexity index is 194. The summed E-state index contributed by atoms with van der Waals surface area (Å²) in [4.78, 5) is 5.03. The van der Waals surface area contributed by atoms with Gasteiger partial charge in [-0.15, -0.1) is 0 Å². The third-order valence-electron chi connectivity index (χ3n) is 3.97. The van der Waals surface area contributed by atoms with E-state index in [9.17, 15) is 0 Å². The third kappa shape index (κ3) is 4.04. The summed E-state index contributed by atoms with van der Waals surface area (Å²) in [5.41, 5.74) is 0. The van der Waals surface area contributed by atoms with Crippen LogP contribution in [-0.2, 0) is 0 Å². The zero-order valence-electron chi connectivity index (χ0n) is 11.7. The van der Waals surface area contributed by atoms with Crippen LogP contribution < -0.4 is 5.32 Å². The second-order valence-corrected chi connectivity index (χ2v) is 5.53. The van der Waals surface area contributed by atoms with Crippen molar-refractivity contribution < 1.29 is 0 Å². The van der Waals surface area contributed by atoms with Gasteiger partial charge in [-0.05, 0) is 60.8 Å². The average molecular weight is 227 g/mol. The Kier molecular flexibility index (Phi) is 5.73. The first-order valence-corrected chi connectivity index (χ1v) is 6.62. The fraction of sp³-hybridized carbons (Fsp3) is 1.00. The molecule has 1 heterocycles. The summed E-state index contributed by atoms with van der Waals surface area (Å²) < 4.78 is 0. The number of rotatable bonds is 5. The molecule has 0 aromatic carbocycles. The highest BCUT2D eigenvalue weighted by Crippen LogP contribution is 2.18. The van der Waals surface area contributed by atoms with Crippen LogP contribution in [0.3, 0.4) is 0 Å². The van der Waals surface area contributed by atoms with Crippen molar-refractivity contribution in [3.63, 3.8) is 0 Å². The molecule has 0 bridgehead atoms. The van der Waals surface area contributed by atoms with Gasteiger partial charge >= 0.3 is 0 Å². The number of likely N-dealkylation sites (N-methyl/N-ethyl adjacent to an activating group) is 1. The van der Waals surface area contributed by atoms with E-state index in [0.29, 0.717) is 12.1 Å². The van der Waals surface area contributed by atoms with E-state index in [0.717, 1.165) is 6.04 Å². The van der Waals surface area contributed by atoms with Gasteiger partial charge in [0.1, 0.15) is 0 Å². The summed E-state index contributed by atoms with van der Waals surface area (Å²) in [6, 6.07) is 2.07. The van der Waals surface area contributed by atoms with E-state index < -0.39 is 0 Å². The van der Waals surface area contributed by atoms with Gasteiger partial charge in [0.05, 0.1) is 0 Å². The van der Waals surface area contributed by atoms with Crippen LogP contribution in [0.25, 0.3) is 0 Å². The maximum atomic E-state index is 3.33. The van der Waals surface area contributed by atoms with Crippen LogP contribution in [0.5, 0.6) is 0 Å². The molecule has 1 fully saturated rings. The topological polar surface area (TPSA) is 18.5 Å². The molecule has 1 aliphatic rings. The Balaban J connectivity index is 2.40. The summed E-state index contributed by atoms with van der Waals surface area (Å²) in [5, 5.41) is 3.33. The Morgan fingerprint density at radius 3 is 2.62 bits per heavy atom. The summed E-state index contributed by atoms with van der Waals surface area (Å²) in [6.07, 6.45) is 3.95. The van der Waals surface area contributed by atoms with Gasteiger partial charge in [0.15, 0.2) is 0 Å². The lowest BCUT2D eigenvalue weighted by molar-refractivity contribution is 0.0952. The molecule has 0 radical (unpaired) electrons. The van der Waals surface area contributed by atoms with Crippen molar-refractivity contribution in [3.05, 3.63) is 0 Å². The van der Waals surface area contributed by atoms with Crippen LogP contribution in [0.15, 0.2) is 0 Å². The van der Waals surface area contributed by atoms with Crippen molar-refractivity contribution in [1.29, 1.82) is 0 Å². The molecule has 0 aromatic heterocycles. The first-order chi connectivity index (χ1) is 7.54. The minimum Gasteiger partial charge on any atom is -0.317 e. The average Bonchev–Trinajstić information content (AvgIpc) is 2.28. The minimum atomic E-state index is 0.620. The number of nitrogens with zero attached hydrogens (tertiary/aromatic N) is 2. The molecule has 0 amide bonds. The van der Waals surface area contributed by atoms with Gasteiger partial charge in [-0.3, -0.25) is 4.90 Å². The molecule has 96 valence electrons. The first kappa shape index (κ1) is 13.9. The zero-order chi connectivity index (χ0) is 12.1. The maximum absolute atomic E-state index is 3.33. The Hall–Kier alpha value is -0.120. The third-order valence-corrected chi connectivity index (χ3v) is 3.97. The molecule has 1 saturated heterocycles. The molecule has 0 saturated carbocycles. The summed E-state index contributed by atoms with van der Waals surface area (Å²) in [5.74, 6) is 0. The normalized spacial score (nSPS) is 27.0. The second kappa shape index (κ2) is 6.58. The van der Waals surface area contributed by atoms with Gasteiger partial charge in [-0.25, -0.2) is 0 Å². The van der Waals surface area contributed by atoms with Crippen molar-refractivity contribution in [1.82, 2.24) is 15.1 Å². The molecule has 0 spiro atoms. The van der Waals surface area contributed by atoms with E-state index in [4.69, 9.17) is 0 Å². The van der Waals surface area contributed by atoms with Crippen LogP contribution in [0.2, 0.25) is 0 Å². The van der Waals surface area contributed by atoms with E-state index in [1.807, 2.05) is 0 Å². The predicted octanol–water partition coefficient (Wildman–Crippen LogP) is 1.40. The molecular formula is C13H29N3. The highest BCUT2D eigenvalue weighted by molar-refractivity contribution is 4.82. The van der Waals surface area contributed by atoms with Crippen LogP contribution >= 0.6 is 0 Å². The maximum Gasteiger partial charge on any atom is 0.0217 e. The number of hydrogen-bond acceptors (Lipinski definition) is 3. The van der Waals surface area contributed by atoms with Crippen LogP contribution in [-0.4, -0.2) is 62.2 Å². The molecule has 3 heteroatoms. The quantitative estimate of drug-likeness (QED) is 0.766. The van der Waals surface area contributed by atoms with Crippen LogP contribution in [0.1, 0.15) is 33.1 Å². The van der Waals surface area contributed by atoms with Crippen LogP contribution in [0.4, 0.5) is 0 Å². The van der Waals surface area contributed by atoms with Crippen molar-refractivity contribution in [2.75, 3.05) is 34.2 Å². The van der Waals surface area contributed by atoms with Gasteiger partial charge < -0.3 is 10.2 Å². The molecular weight excluding hydrogens is 198 g/mol. The lowest BCUT2D eigenvalue weighted by Gasteiger charge is -2.40. The van der Waals surface area contributed by atoms with Crippen molar-refractivity contribution >= 4 is 0 Å². The van der Waals surface area contributed by atoms with E-state index in [1.54, 1.807) is 0 Å². The number of hydrogen-bond donors (Lipinski definition) is 1. The molecule has 1 N–H and O–H groups in total. The van der Waals surface area contributed by atoms with Gasteiger partial charge in [-0.2, -0.15) is 0 Å². The fourth-order valence-electron chi connectivity index (χ4n) is 2.58. The van der Waals surface area contributed by atoms with Crippen molar-refractivity contribution in [2.45, 2.75) is 51.2 Å². The smallest absolute Gasteiger partial charge is 0.0217 e. The molecule has 0 aliphatic carbocycles. The van der Waals surface area contributed by atoms with E-state index in [-0.39, 0.29) is 0 Å². The fourth-order valence-corrected chi connectivity index (χ4v) is 2.58. The van der Waals surface area contributed by atoms with Gasteiger partial charge in [-0.1, -0.05) is 0 Å². The standard InChI is InChI=1S/C13H29N3/c1-11(14-3)9-12(2)16-8-6-7-13(10-16)15(4)5/h11-14H,6-10H2,1-5H3. The summed E-state index contributed by atoms with van der Waals surface area (Å²) in [6.45, 7) is 7.16. The summed E-state index contributed by atoms with van der Waals surface area (Å²) in [7, 11) is 6.46. The van der Waals surface area contributed by atoms with Crippen molar-refractivity contribution in [3.8, 4) is 0 Å².